The molecule has 0 spiro atoms. The molecule has 3 rings (SSSR count). The standard InChI is InChI=1S/C17H15BrN2O3S/c1-20(24(2,21)22)17-16(12-6-4-3-5-7-12)23-15-9-8-14(18)10-13(15)11-19-17/h3-11H,1-2H3. The van der Waals surface area contributed by atoms with E-state index < -0.39 is 10.0 Å². The molecule has 0 fully saturated rings. The number of ether oxygens (including phenoxy) is 1. The van der Waals surface area contributed by atoms with Gasteiger partial charge in [-0.25, -0.2) is 13.4 Å². The molecule has 1 aliphatic heterocycles. The van der Waals surface area contributed by atoms with Crippen LogP contribution in [0.15, 0.2) is 63.8 Å². The van der Waals surface area contributed by atoms with Crippen LogP contribution < -0.4 is 4.74 Å². The summed E-state index contributed by atoms with van der Waals surface area (Å²) in [5.41, 5.74) is 1.51. The summed E-state index contributed by atoms with van der Waals surface area (Å²) in [7, 11) is -2.02. The fourth-order valence-electron chi connectivity index (χ4n) is 2.22. The average Bonchev–Trinajstić information content (AvgIpc) is 2.73. The molecule has 0 amide bonds. The zero-order valence-electron chi connectivity index (χ0n) is 13.1. The molecule has 0 radical (unpaired) electrons. The normalized spacial score (nSPS) is 14.0. The Morgan fingerprint density at radius 1 is 1.12 bits per heavy atom. The van der Waals surface area contributed by atoms with Crippen molar-refractivity contribution in [2.75, 3.05) is 13.3 Å². The quantitative estimate of drug-likeness (QED) is 0.783. The van der Waals surface area contributed by atoms with Crippen molar-refractivity contribution in [3.05, 3.63) is 70.0 Å². The van der Waals surface area contributed by atoms with Crippen molar-refractivity contribution in [2.45, 2.75) is 0 Å². The second-order valence-corrected chi connectivity index (χ2v) is 8.22. The minimum Gasteiger partial charge on any atom is -0.452 e. The molecule has 1 heterocycles. The van der Waals surface area contributed by atoms with Crippen molar-refractivity contribution in [3.8, 4) is 5.75 Å². The van der Waals surface area contributed by atoms with E-state index in [4.69, 9.17) is 4.74 Å². The monoisotopic (exact) mass is 406 g/mol. The van der Waals surface area contributed by atoms with Gasteiger partial charge in [-0.1, -0.05) is 46.3 Å². The Morgan fingerprint density at radius 3 is 2.50 bits per heavy atom. The molecule has 0 aromatic heterocycles. The topological polar surface area (TPSA) is 59.0 Å². The summed E-state index contributed by atoms with van der Waals surface area (Å²) in [6.45, 7) is 0. The largest absolute Gasteiger partial charge is 0.452 e. The zero-order chi connectivity index (χ0) is 17.3. The average molecular weight is 407 g/mol. The number of nitrogens with zero attached hydrogens (tertiary/aromatic N) is 2. The molecular formula is C17H15BrN2O3S. The molecule has 124 valence electrons. The second-order valence-electron chi connectivity index (χ2n) is 5.29. The molecule has 2 aromatic rings. The number of hydrogen-bond acceptors (Lipinski definition) is 4. The Bertz CT molecular complexity index is 938. The lowest BCUT2D eigenvalue weighted by Crippen LogP contribution is -2.25. The molecule has 7 heteroatoms. The molecule has 0 saturated heterocycles. The summed E-state index contributed by atoms with van der Waals surface area (Å²) in [5, 5.41) is 0. The summed E-state index contributed by atoms with van der Waals surface area (Å²) in [6, 6.07) is 14.9. The van der Waals surface area contributed by atoms with Crippen molar-refractivity contribution < 1.29 is 13.2 Å². The van der Waals surface area contributed by atoms with E-state index in [1.807, 2.05) is 48.5 Å². The van der Waals surface area contributed by atoms with Gasteiger partial charge in [-0.2, -0.15) is 0 Å². The van der Waals surface area contributed by atoms with Crippen LogP contribution in [0.5, 0.6) is 5.75 Å². The SMILES string of the molecule is CN(C1=C(c2ccccc2)Oc2ccc(Br)cc2C=N1)S(C)(=O)=O. The summed E-state index contributed by atoms with van der Waals surface area (Å²) in [6.07, 6.45) is 2.74. The van der Waals surface area contributed by atoms with Crippen LogP contribution >= 0.6 is 15.9 Å². The third kappa shape index (κ3) is 3.37. The Hall–Kier alpha value is -2.12. The molecule has 5 nitrogen and oxygen atoms in total. The maximum atomic E-state index is 12.0. The highest BCUT2D eigenvalue weighted by Crippen LogP contribution is 2.32. The van der Waals surface area contributed by atoms with E-state index in [2.05, 4.69) is 20.9 Å². The first-order chi connectivity index (χ1) is 11.4. The number of benzene rings is 2. The highest BCUT2D eigenvalue weighted by molar-refractivity contribution is 9.10. The first-order valence-corrected chi connectivity index (χ1v) is 9.75. The highest BCUT2D eigenvalue weighted by Gasteiger charge is 2.24. The Labute approximate surface area is 149 Å². The smallest absolute Gasteiger partial charge is 0.233 e. The summed E-state index contributed by atoms with van der Waals surface area (Å²) >= 11 is 3.41. The molecule has 24 heavy (non-hydrogen) atoms. The van der Waals surface area contributed by atoms with E-state index in [0.29, 0.717) is 11.5 Å². The molecular weight excluding hydrogens is 392 g/mol. The van der Waals surface area contributed by atoms with Crippen LogP contribution in [0.1, 0.15) is 11.1 Å². The van der Waals surface area contributed by atoms with E-state index in [-0.39, 0.29) is 5.82 Å². The van der Waals surface area contributed by atoms with Crippen molar-refractivity contribution in [1.29, 1.82) is 0 Å². The van der Waals surface area contributed by atoms with Crippen molar-refractivity contribution >= 4 is 37.9 Å². The van der Waals surface area contributed by atoms with Gasteiger partial charge in [-0.3, -0.25) is 4.31 Å². The van der Waals surface area contributed by atoms with Crippen LogP contribution in [0.2, 0.25) is 0 Å². The maximum absolute atomic E-state index is 12.0. The Kier molecular flexibility index (Phi) is 4.47. The van der Waals surface area contributed by atoms with E-state index >= 15 is 0 Å². The predicted octanol–water partition coefficient (Wildman–Crippen LogP) is 3.48. The zero-order valence-corrected chi connectivity index (χ0v) is 15.5. The van der Waals surface area contributed by atoms with Crippen LogP contribution in [0.3, 0.4) is 0 Å². The number of hydrogen-bond donors (Lipinski definition) is 0. The molecule has 0 unspecified atom stereocenters. The Morgan fingerprint density at radius 2 is 1.83 bits per heavy atom. The first-order valence-electron chi connectivity index (χ1n) is 7.11. The van der Waals surface area contributed by atoms with E-state index in [9.17, 15) is 8.42 Å². The fourth-order valence-corrected chi connectivity index (χ4v) is 3.04. The molecule has 0 aliphatic carbocycles. The van der Waals surface area contributed by atoms with Gasteiger partial charge in [-0.05, 0) is 18.2 Å². The van der Waals surface area contributed by atoms with Crippen molar-refractivity contribution in [3.63, 3.8) is 0 Å². The van der Waals surface area contributed by atoms with Crippen molar-refractivity contribution in [1.82, 2.24) is 4.31 Å². The van der Waals surface area contributed by atoms with Gasteiger partial charge in [0.15, 0.2) is 11.6 Å². The molecule has 2 aromatic carbocycles. The Balaban J connectivity index is 2.21. The van der Waals surface area contributed by atoms with Gasteiger partial charge >= 0.3 is 0 Å². The molecule has 0 saturated carbocycles. The van der Waals surface area contributed by atoms with Gasteiger partial charge in [0, 0.05) is 28.9 Å². The lowest BCUT2D eigenvalue weighted by Gasteiger charge is -2.20. The van der Waals surface area contributed by atoms with Crippen LogP contribution in [0, 0.1) is 0 Å². The number of sulfonamides is 1. The molecule has 0 atom stereocenters. The van der Waals surface area contributed by atoms with Gasteiger partial charge < -0.3 is 4.74 Å². The van der Waals surface area contributed by atoms with E-state index in [1.165, 1.54) is 7.05 Å². The van der Waals surface area contributed by atoms with Gasteiger partial charge in [0.2, 0.25) is 10.0 Å². The van der Waals surface area contributed by atoms with Gasteiger partial charge in [0.1, 0.15) is 5.75 Å². The predicted molar refractivity (Wildman–Crippen MR) is 98.3 cm³/mol. The number of halogens is 1. The third-order valence-corrected chi connectivity index (χ3v) is 5.21. The fraction of sp³-hybridized carbons (Fsp3) is 0.118. The number of fused-ring (bicyclic) bond motifs is 1. The van der Waals surface area contributed by atoms with Gasteiger partial charge in [0.25, 0.3) is 0 Å². The van der Waals surface area contributed by atoms with Gasteiger partial charge in [-0.15, -0.1) is 0 Å². The number of aliphatic imine (C=N–C) groups is 1. The third-order valence-electron chi connectivity index (χ3n) is 3.54. The van der Waals surface area contributed by atoms with Gasteiger partial charge in [0.05, 0.1) is 6.26 Å². The van der Waals surface area contributed by atoms with Crippen LogP contribution in [0.25, 0.3) is 5.76 Å². The molecule has 0 N–H and O–H groups in total. The van der Waals surface area contributed by atoms with Crippen LogP contribution in [-0.4, -0.2) is 32.2 Å². The van der Waals surface area contributed by atoms with E-state index in [1.54, 1.807) is 6.21 Å². The first kappa shape index (κ1) is 16.7. The summed E-state index contributed by atoms with van der Waals surface area (Å²) < 4.78 is 32.1. The minimum absolute atomic E-state index is 0.232. The number of rotatable bonds is 3. The van der Waals surface area contributed by atoms with Crippen molar-refractivity contribution in [2.24, 2.45) is 4.99 Å². The van der Waals surface area contributed by atoms with E-state index in [0.717, 1.165) is 26.2 Å². The van der Waals surface area contributed by atoms with Crippen LogP contribution in [0.4, 0.5) is 0 Å². The molecule has 0 bridgehead atoms. The second kappa shape index (κ2) is 6.41. The highest BCUT2D eigenvalue weighted by atomic mass is 79.9. The van der Waals surface area contributed by atoms with Crippen LogP contribution in [-0.2, 0) is 10.0 Å². The maximum Gasteiger partial charge on any atom is 0.233 e. The lowest BCUT2D eigenvalue weighted by molar-refractivity contribution is 0.481. The lowest BCUT2D eigenvalue weighted by atomic mass is 10.2. The summed E-state index contributed by atoms with van der Waals surface area (Å²) in [4.78, 5) is 4.39. The summed E-state index contributed by atoms with van der Waals surface area (Å²) in [5.74, 6) is 1.23. The molecule has 1 aliphatic rings. The minimum atomic E-state index is -3.48.